The zero-order valence-electron chi connectivity index (χ0n) is 16.0. The Bertz CT molecular complexity index is 1200. The molecule has 0 saturated heterocycles. The third kappa shape index (κ3) is 6.05. The lowest BCUT2D eigenvalue weighted by Gasteiger charge is -2.12. The summed E-state index contributed by atoms with van der Waals surface area (Å²) in [7, 11) is 0. The second-order valence-corrected chi connectivity index (χ2v) is 6.78. The van der Waals surface area contributed by atoms with Crippen molar-refractivity contribution < 1.29 is 27.9 Å². The smallest absolute Gasteiger partial charge is 0.417 e. The minimum Gasteiger partial charge on any atom is -0.478 e. The van der Waals surface area contributed by atoms with Gasteiger partial charge in [-0.1, -0.05) is 23.7 Å². The summed E-state index contributed by atoms with van der Waals surface area (Å²) in [5.74, 6) is -1.10. The second-order valence-electron chi connectivity index (χ2n) is 6.38. The number of halogens is 4. The number of carbonyl (C=O) groups excluding carboxylic acids is 1. The van der Waals surface area contributed by atoms with Crippen LogP contribution in [0.3, 0.4) is 0 Å². The molecule has 2 amide bonds. The molecule has 0 radical (unpaired) electrons. The number of azo groups is 1. The first-order chi connectivity index (χ1) is 15.1. The summed E-state index contributed by atoms with van der Waals surface area (Å²) < 4.78 is 38.9. The van der Waals surface area contributed by atoms with Gasteiger partial charge < -0.3 is 15.7 Å². The van der Waals surface area contributed by atoms with Crippen LogP contribution in [0.1, 0.15) is 15.9 Å². The minimum atomic E-state index is -4.66. The minimum absolute atomic E-state index is 0.0596. The van der Waals surface area contributed by atoms with E-state index in [2.05, 4.69) is 20.9 Å². The molecule has 0 aliphatic heterocycles. The predicted molar refractivity (Wildman–Crippen MR) is 113 cm³/mol. The highest BCUT2D eigenvalue weighted by Gasteiger charge is 2.33. The number of rotatable bonds is 5. The number of alkyl halides is 3. The van der Waals surface area contributed by atoms with Crippen LogP contribution >= 0.6 is 11.6 Å². The molecule has 0 saturated carbocycles. The van der Waals surface area contributed by atoms with Crippen LogP contribution < -0.4 is 10.6 Å². The molecule has 0 bridgehead atoms. The van der Waals surface area contributed by atoms with E-state index in [-0.39, 0.29) is 11.3 Å². The van der Waals surface area contributed by atoms with Gasteiger partial charge in [-0.3, -0.25) is 0 Å². The van der Waals surface area contributed by atoms with Crippen molar-refractivity contribution in [3.8, 4) is 0 Å². The normalized spacial score (nSPS) is 11.4. The van der Waals surface area contributed by atoms with Crippen LogP contribution in [-0.4, -0.2) is 17.1 Å². The molecule has 0 aliphatic carbocycles. The fraction of sp³-hybridized carbons (Fsp3) is 0.0476. The molecule has 11 heteroatoms. The average Bonchev–Trinajstić information content (AvgIpc) is 2.73. The van der Waals surface area contributed by atoms with Crippen LogP contribution in [0.5, 0.6) is 0 Å². The van der Waals surface area contributed by atoms with Crippen LogP contribution in [0.15, 0.2) is 77.0 Å². The van der Waals surface area contributed by atoms with Crippen LogP contribution in [-0.2, 0) is 6.18 Å². The zero-order chi connectivity index (χ0) is 23.3. The summed E-state index contributed by atoms with van der Waals surface area (Å²) in [5, 5.41) is 21.3. The average molecular weight is 463 g/mol. The van der Waals surface area contributed by atoms with Gasteiger partial charge in [0.05, 0.1) is 27.5 Å². The Morgan fingerprint density at radius 3 is 2.06 bits per heavy atom. The maximum atomic E-state index is 13.0. The number of nitrogens with one attached hydrogen (secondary N) is 2. The number of hydrogen-bond acceptors (Lipinski definition) is 4. The third-order valence-electron chi connectivity index (χ3n) is 4.01. The van der Waals surface area contributed by atoms with Crippen molar-refractivity contribution in [3.63, 3.8) is 0 Å². The lowest BCUT2D eigenvalue weighted by molar-refractivity contribution is -0.137. The van der Waals surface area contributed by atoms with Crippen LogP contribution in [0.25, 0.3) is 0 Å². The van der Waals surface area contributed by atoms with E-state index in [1.165, 1.54) is 30.3 Å². The number of urea groups is 1. The lowest BCUT2D eigenvalue weighted by atomic mass is 10.2. The van der Waals surface area contributed by atoms with E-state index < -0.39 is 28.8 Å². The number of carboxylic acids is 1. The molecular formula is C21H14ClF3N4O3. The summed E-state index contributed by atoms with van der Waals surface area (Å²) in [5.41, 5.74) is -0.106. The topological polar surface area (TPSA) is 103 Å². The molecule has 0 atom stereocenters. The fourth-order valence-corrected chi connectivity index (χ4v) is 2.80. The summed E-state index contributed by atoms with van der Waals surface area (Å²) in [6.45, 7) is 0. The van der Waals surface area contributed by atoms with Crippen LogP contribution in [0.4, 0.5) is 40.7 Å². The van der Waals surface area contributed by atoms with Gasteiger partial charge in [0.25, 0.3) is 0 Å². The molecule has 3 rings (SSSR count). The molecule has 7 nitrogen and oxygen atoms in total. The summed E-state index contributed by atoms with van der Waals surface area (Å²) >= 11 is 5.57. The SMILES string of the molecule is O=C(Nc1cccc(N=Nc2cccc(C(=O)O)c2)c1)Nc1ccc(Cl)c(C(F)(F)F)c1. The van der Waals surface area contributed by atoms with E-state index in [4.69, 9.17) is 16.7 Å². The molecular weight excluding hydrogens is 449 g/mol. The summed E-state index contributed by atoms with van der Waals surface area (Å²) in [4.78, 5) is 23.2. The number of amides is 2. The van der Waals surface area contributed by atoms with Crippen molar-refractivity contribution in [3.05, 3.63) is 82.9 Å². The Balaban J connectivity index is 1.69. The molecule has 0 fully saturated rings. The predicted octanol–water partition coefficient (Wildman–Crippen LogP) is 7.12. The molecule has 0 spiro atoms. The van der Waals surface area contributed by atoms with Gasteiger partial charge in [-0.2, -0.15) is 23.4 Å². The molecule has 32 heavy (non-hydrogen) atoms. The van der Waals surface area contributed by atoms with Crippen molar-refractivity contribution >= 4 is 46.4 Å². The maximum Gasteiger partial charge on any atom is 0.417 e. The zero-order valence-corrected chi connectivity index (χ0v) is 16.8. The first-order valence-corrected chi connectivity index (χ1v) is 9.29. The van der Waals surface area contributed by atoms with Crippen LogP contribution in [0, 0.1) is 0 Å². The van der Waals surface area contributed by atoms with Gasteiger partial charge in [-0.05, 0) is 54.6 Å². The fourth-order valence-electron chi connectivity index (χ4n) is 2.58. The molecule has 0 unspecified atom stereocenters. The quantitative estimate of drug-likeness (QED) is 0.352. The van der Waals surface area contributed by atoms with Gasteiger partial charge in [-0.15, -0.1) is 0 Å². The van der Waals surface area contributed by atoms with E-state index in [0.717, 1.165) is 12.1 Å². The molecule has 3 N–H and O–H groups in total. The highest BCUT2D eigenvalue weighted by Crippen LogP contribution is 2.36. The number of aromatic carboxylic acids is 1. The van der Waals surface area contributed by atoms with E-state index in [1.807, 2.05) is 0 Å². The molecule has 0 heterocycles. The van der Waals surface area contributed by atoms with Crippen molar-refractivity contribution in [1.29, 1.82) is 0 Å². The van der Waals surface area contributed by atoms with E-state index >= 15 is 0 Å². The maximum absolute atomic E-state index is 13.0. The highest BCUT2D eigenvalue weighted by atomic mass is 35.5. The van der Waals surface area contributed by atoms with Crippen LogP contribution in [0.2, 0.25) is 5.02 Å². The monoisotopic (exact) mass is 462 g/mol. The van der Waals surface area contributed by atoms with E-state index in [1.54, 1.807) is 24.3 Å². The van der Waals surface area contributed by atoms with Crippen molar-refractivity contribution in [1.82, 2.24) is 0 Å². The van der Waals surface area contributed by atoms with E-state index in [9.17, 15) is 22.8 Å². The van der Waals surface area contributed by atoms with E-state index in [0.29, 0.717) is 17.1 Å². The van der Waals surface area contributed by atoms with Gasteiger partial charge in [0.2, 0.25) is 0 Å². The van der Waals surface area contributed by atoms with Crippen molar-refractivity contribution in [2.45, 2.75) is 6.18 Å². The first kappa shape index (κ1) is 22.8. The third-order valence-corrected chi connectivity index (χ3v) is 4.34. The van der Waals surface area contributed by atoms with Gasteiger partial charge in [0.15, 0.2) is 0 Å². The summed E-state index contributed by atoms with van der Waals surface area (Å²) in [6.07, 6.45) is -4.66. The largest absolute Gasteiger partial charge is 0.478 e. The Kier molecular flexibility index (Phi) is 6.74. The Morgan fingerprint density at radius 2 is 1.44 bits per heavy atom. The standard InChI is InChI=1S/C21H14ClF3N4O3/c22-18-8-7-14(11-17(18)21(23,24)25)27-20(32)26-13-4-2-6-16(10-13)29-28-15-5-1-3-12(9-15)19(30)31/h1-11H,(H,30,31)(H2,26,27,32). The number of nitrogens with zero attached hydrogens (tertiary/aromatic N) is 2. The summed E-state index contributed by atoms with van der Waals surface area (Å²) in [6, 6.07) is 14.3. The van der Waals surface area contributed by atoms with Crippen molar-refractivity contribution in [2.75, 3.05) is 10.6 Å². The number of carboxylic acid groups (broad SMARTS) is 1. The lowest BCUT2D eigenvalue weighted by Crippen LogP contribution is -2.19. The van der Waals surface area contributed by atoms with Gasteiger partial charge >= 0.3 is 18.2 Å². The van der Waals surface area contributed by atoms with Gasteiger partial charge in [0.1, 0.15) is 0 Å². The number of carbonyl (C=O) groups is 2. The molecule has 0 aromatic heterocycles. The molecule has 0 aliphatic rings. The number of hydrogen-bond donors (Lipinski definition) is 3. The number of benzene rings is 3. The molecule has 3 aromatic rings. The Hall–Kier alpha value is -3.92. The van der Waals surface area contributed by atoms with Gasteiger partial charge in [-0.25, -0.2) is 9.59 Å². The Labute approximate surface area is 184 Å². The molecule has 164 valence electrons. The van der Waals surface area contributed by atoms with Gasteiger partial charge in [0, 0.05) is 11.4 Å². The highest BCUT2D eigenvalue weighted by molar-refractivity contribution is 6.31. The molecule has 3 aromatic carbocycles. The number of anilines is 2. The van der Waals surface area contributed by atoms with Crippen molar-refractivity contribution in [2.24, 2.45) is 10.2 Å². The first-order valence-electron chi connectivity index (χ1n) is 8.92. The Morgan fingerprint density at radius 1 is 0.844 bits per heavy atom. The second kappa shape index (κ2) is 9.48.